The SMILES string of the molecule is Cn1c(C#N)cnc1-n1c2ccccc2c2cccnc21. The van der Waals surface area contributed by atoms with Crippen LogP contribution in [0, 0.1) is 11.3 Å². The van der Waals surface area contributed by atoms with Crippen molar-refractivity contribution in [2.45, 2.75) is 0 Å². The zero-order valence-electron chi connectivity index (χ0n) is 11.4. The Bertz CT molecular complexity index is 963. The molecule has 0 unspecified atom stereocenters. The van der Waals surface area contributed by atoms with Crippen molar-refractivity contribution in [3.63, 3.8) is 0 Å². The first-order chi connectivity index (χ1) is 10.3. The van der Waals surface area contributed by atoms with Crippen LogP contribution in [0.15, 0.2) is 48.8 Å². The van der Waals surface area contributed by atoms with E-state index in [0.29, 0.717) is 11.6 Å². The van der Waals surface area contributed by atoms with Crippen LogP contribution in [0.3, 0.4) is 0 Å². The molecule has 5 heteroatoms. The molecule has 0 saturated heterocycles. The number of para-hydroxylation sites is 1. The highest BCUT2D eigenvalue weighted by Gasteiger charge is 2.16. The normalized spacial score (nSPS) is 11.0. The molecule has 0 N–H and O–H groups in total. The molecule has 0 atom stereocenters. The number of hydrogen-bond donors (Lipinski definition) is 0. The monoisotopic (exact) mass is 273 g/mol. The fourth-order valence-electron chi connectivity index (χ4n) is 2.71. The van der Waals surface area contributed by atoms with Gasteiger partial charge < -0.3 is 4.57 Å². The molecule has 3 aromatic heterocycles. The molecule has 1 aromatic carbocycles. The summed E-state index contributed by atoms with van der Waals surface area (Å²) in [5.41, 5.74) is 2.40. The summed E-state index contributed by atoms with van der Waals surface area (Å²) < 4.78 is 3.77. The summed E-state index contributed by atoms with van der Waals surface area (Å²) in [6.45, 7) is 0. The Kier molecular flexibility index (Phi) is 2.33. The third kappa shape index (κ3) is 1.50. The van der Waals surface area contributed by atoms with Crippen molar-refractivity contribution >= 4 is 21.9 Å². The van der Waals surface area contributed by atoms with Gasteiger partial charge in [0.2, 0.25) is 5.95 Å². The zero-order valence-corrected chi connectivity index (χ0v) is 11.4. The molecule has 0 spiro atoms. The Morgan fingerprint density at radius 2 is 1.86 bits per heavy atom. The van der Waals surface area contributed by atoms with Crippen molar-refractivity contribution in [3.8, 4) is 12.0 Å². The van der Waals surface area contributed by atoms with Gasteiger partial charge in [-0.3, -0.25) is 4.57 Å². The second kappa shape index (κ2) is 4.18. The molecule has 0 bridgehead atoms. The Labute approximate surface area is 120 Å². The van der Waals surface area contributed by atoms with Gasteiger partial charge in [0, 0.05) is 24.0 Å². The number of fused-ring (bicyclic) bond motifs is 3. The average molecular weight is 273 g/mol. The number of nitriles is 1. The van der Waals surface area contributed by atoms with Gasteiger partial charge in [0.25, 0.3) is 0 Å². The van der Waals surface area contributed by atoms with Crippen LogP contribution >= 0.6 is 0 Å². The molecule has 5 nitrogen and oxygen atoms in total. The van der Waals surface area contributed by atoms with Crippen LogP contribution in [0.2, 0.25) is 0 Å². The molecule has 3 heterocycles. The number of hydrogen-bond acceptors (Lipinski definition) is 3. The standard InChI is InChI=1S/C16H11N5/c1-20-11(9-17)10-19-16(20)21-14-7-3-2-5-12(14)13-6-4-8-18-15(13)21/h2-8,10H,1H3. The van der Waals surface area contributed by atoms with Gasteiger partial charge in [-0.25, -0.2) is 9.97 Å². The van der Waals surface area contributed by atoms with E-state index in [9.17, 15) is 0 Å². The molecule has 4 aromatic rings. The fraction of sp³-hybridized carbons (Fsp3) is 0.0625. The van der Waals surface area contributed by atoms with Gasteiger partial charge in [0.15, 0.2) is 0 Å². The lowest BCUT2D eigenvalue weighted by atomic mass is 10.2. The van der Waals surface area contributed by atoms with Crippen LogP contribution in [0.4, 0.5) is 0 Å². The van der Waals surface area contributed by atoms with E-state index in [1.807, 2.05) is 35.9 Å². The van der Waals surface area contributed by atoms with Crippen LogP contribution in [-0.2, 0) is 7.05 Å². The third-order valence-corrected chi connectivity index (χ3v) is 3.71. The molecule has 100 valence electrons. The largest absolute Gasteiger partial charge is 0.304 e. The van der Waals surface area contributed by atoms with Crippen LogP contribution in [-0.4, -0.2) is 19.1 Å². The molecule has 0 amide bonds. The minimum atomic E-state index is 0.520. The van der Waals surface area contributed by atoms with Gasteiger partial charge in [-0.2, -0.15) is 5.26 Å². The predicted molar refractivity (Wildman–Crippen MR) is 80.1 cm³/mol. The summed E-state index contributed by atoms with van der Waals surface area (Å²) in [6.07, 6.45) is 3.35. The Morgan fingerprint density at radius 3 is 2.67 bits per heavy atom. The first-order valence-corrected chi connectivity index (χ1v) is 6.57. The highest BCUT2D eigenvalue weighted by molar-refractivity contribution is 6.07. The summed E-state index contributed by atoms with van der Waals surface area (Å²) in [4.78, 5) is 8.89. The van der Waals surface area contributed by atoms with E-state index in [0.717, 1.165) is 21.9 Å². The number of imidazole rings is 1. The third-order valence-electron chi connectivity index (χ3n) is 3.71. The number of aromatic nitrogens is 4. The van der Waals surface area contributed by atoms with Crippen molar-refractivity contribution in [1.82, 2.24) is 19.1 Å². The van der Waals surface area contributed by atoms with Crippen molar-refractivity contribution < 1.29 is 0 Å². The Morgan fingerprint density at radius 1 is 1.05 bits per heavy atom. The van der Waals surface area contributed by atoms with Crippen molar-refractivity contribution in [1.29, 1.82) is 5.26 Å². The molecule has 4 rings (SSSR count). The lowest BCUT2D eigenvalue weighted by Gasteiger charge is -2.06. The highest BCUT2D eigenvalue weighted by Crippen LogP contribution is 2.29. The molecule has 0 aliphatic rings. The van der Waals surface area contributed by atoms with E-state index in [4.69, 9.17) is 5.26 Å². The molecular formula is C16H11N5. The average Bonchev–Trinajstić information content (AvgIpc) is 3.05. The van der Waals surface area contributed by atoms with Crippen molar-refractivity contribution in [3.05, 3.63) is 54.5 Å². The van der Waals surface area contributed by atoms with Gasteiger partial charge >= 0.3 is 0 Å². The topological polar surface area (TPSA) is 59.4 Å². The molecular weight excluding hydrogens is 262 g/mol. The van der Waals surface area contributed by atoms with Crippen LogP contribution < -0.4 is 0 Å². The highest BCUT2D eigenvalue weighted by atomic mass is 15.2. The van der Waals surface area contributed by atoms with Crippen molar-refractivity contribution in [2.24, 2.45) is 7.05 Å². The van der Waals surface area contributed by atoms with E-state index in [-0.39, 0.29) is 0 Å². The minimum absolute atomic E-state index is 0.520. The molecule has 21 heavy (non-hydrogen) atoms. The number of pyridine rings is 1. The quantitative estimate of drug-likeness (QED) is 0.536. The van der Waals surface area contributed by atoms with Gasteiger partial charge in [-0.1, -0.05) is 18.2 Å². The lowest BCUT2D eigenvalue weighted by molar-refractivity contribution is 0.832. The maximum atomic E-state index is 9.12. The summed E-state index contributed by atoms with van der Waals surface area (Å²) >= 11 is 0. The van der Waals surface area contributed by atoms with Crippen LogP contribution in [0.5, 0.6) is 0 Å². The van der Waals surface area contributed by atoms with Crippen LogP contribution in [0.25, 0.3) is 27.9 Å². The van der Waals surface area contributed by atoms with Gasteiger partial charge in [-0.15, -0.1) is 0 Å². The smallest absolute Gasteiger partial charge is 0.216 e. The summed E-state index contributed by atoms with van der Waals surface area (Å²) in [7, 11) is 1.84. The Hall–Kier alpha value is -3.13. The molecule has 0 aliphatic heterocycles. The van der Waals surface area contributed by atoms with E-state index in [1.165, 1.54) is 0 Å². The van der Waals surface area contributed by atoms with Crippen LogP contribution in [0.1, 0.15) is 5.69 Å². The maximum Gasteiger partial charge on any atom is 0.216 e. The van der Waals surface area contributed by atoms with E-state index in [1.54, 1.807) is 17.0 Å². The second-order valence-electron chi connectivity index (χ2n) is 4.84. The minimum Gasteiger partial charge on any atom is -0.304 e. The zero-order chi connectivity index (χ0) is 14.4. The molecule has 0 fully saturated rings. The van der Waals surface area contributed by atoms with E-state index >= 15 is 0 Å². The first-order valence-electron chi connectivity index (χ1n) is 6.57. The van der Waals surface area contributed by atoms with E-state index < -0.39 is 0 Å². The number of benzene rings is 1. The second-order valence-corrected chi connectivity index (χ2v) is 4.84. The van der Waals surface area contributed by atoms with Gasteiger partial charge in [0.1, 0.15) is 17.4 Å². The first kappa shape index (κ1) is 11.7. The van der Waals surface area contributed by atoms with Gasteiger partial charge in [0.05, 0.1) is 11.7 Å². The molecule has 0 aliphatic carbocycles. The number of nitrogens with zero attached hydrogens (tertiary/aromatic N) is 5. The molecule has 0 saturated carbocycles. The summed E-state index contributed by atoms with van der Waals surface area (Å²) in [5, 5.41) is 11.3. The number of rotatable bonds is 1. The summed E-state index contributed by atoms with van der Waals surface area (Å²) in [6, 6.07) is 14.2. The van der Waals surface area contributed by atoms with Gasteiger partial charge in [-0.05, 0) is 18.2 Å². The predicted octanol–water partition coefficient (Wildman–Crippen LogP) is 2.78. The summed E-state index contributed by atoms with van der Waals surface area (Å²) in [5.74, 6) is 0.691. The maximum absolute atomic E-state index is 9.12. The van der Waals surface area contributed by atoms with Crippen molar-refractivity contribution in [2.75, 3.05) is 0 Å². The Balaban J connectivity index is 2.20. The lowest BCUT2D eigenvalue weighted by Crippen LogP contribution is -2.05. The van der Waals surface area contributed by atoms with E-state index in [2.05, 4.69) is 28.2 Å². The molecule has 0 radical (unpaired) electrons. The fourth-order valence-corrected chi connectivity index (χ4v) is 2.71.